The number of carbonyl (C=O) groups is 1. The Balaban J connectivity index is 1.49. The highest BCUT2D eigenvalue weighted by Gasteiger charge is 2.40. The average molecular weight is 370 g/mol. The lowest BCUT2D eigenvalue weighted by molar-refractivity contribution is 0.0869. The summed E-state index contributed by atoms with van der Waals surface area (Å²) in [5, 5.41) is 0. The molecular weight excluding hydrogens is 348 g/mol. The number of benzene rings is 2. The van der Waals surface area contributed by atoms with Gasteiger partial charge in [0.15, 0.2) is 0 Å². The fourth-order valence-corrected chi connectivity index (χ4v) is 5.76. The van der Waals surface area contributed by atoms with Crippen molar-refractivity contribution in [2.75, 3.05) is 6.54 Å². The largest absolute Gasteiger partial charge is 0.327 e. The molecule has 4 rings (SSSR count). The second-order valence-corrected chi connectivity index (χ2v) is 8.86. The van der Waals surface area contributed by atoms with Crippen LogP contribution in [0.4, 0.5) is 0 Å². The molecule has 6 heteroatoms. The van der Waals surface area contributed by atoms with Crippen molar-refractivity contribution >= 4 is 15.9 Å². The summed E-state index contributed by atoms with van der Waals surface area (Å²) in [6.07, 6.45) is 3.30. The number of aryl methyl sites for hydroxylation is 1. The Morgan fingerprint density at radius 2 is 1.81 bits per heavy atom. The second-order valence-electron chi connectivity index (χ2n) is 7.03. The first-order valence-corrected chi connectivity index (χ1v) is 10.4. The summed E-state index contributed by atoms with van der Waals surface area (Å²) >= 11 is 0. The highest BCUT2D eigenvalue weighted by Crippen LogP contribution is 2.35. The maximum atomic E-state index is 12.6. The van der Waals surface area contributed by atoms with E-state index < -0.39 is 15.9 Å². The molecule has 1 heterocycles. The van der Waals surface area contributed by atoms with Gasteiger partial charge in [-0.05, 0) is 54.9 Å². The molecule has 2 aliphatic rings. The van der Waals surface area contributed by atoms with Crippen LogP contribution in [0.15, 0.2) is 53.4 Å². The van der Waals surface area contributed by atoms with E-state index in [1.54, 1.807) is 18.2 Å². The molecule has 1 amide bonds. The molecule has 2 unspecified atom stereocenters. The van der Waals surface area contributed by atoms with Crippen molar-refractivity contribution in [3.05, 3.63) is 65.2 Å². The van der Waals surface area contributed by atoms with Gasteiger partial charge in [-0.2, -0.15) is 0 Å². The number of sulfonamides is 1. The summed E-state index contributed by atoms with van der Waals surface area (Å²) in [7, 11) is -3.72. The summed E-state index contributed by atoms with van der Waals surface area (Å²) in [6, 6.07) is 14.8. The van der Waals surface area contributed by atoms with E-state index in [1.165, 1.54) is 17.2 Å². The Hall–Kier alpha value is -2.18. The van der Waals surface area contributed by atoms with Crippen LogP contribution < -0.4 is 5.73 Å². The van der Waals surface area contributed by atoms with E-state index >= 15 is 0 Å². The molecule has 0 bridgehead atoms. The van der Waals surface area contributed by atoms with Crippen molar-refractivity contribution in [3.8, 4) is 0 Å². The molecule has 2 atom stereocenters. The SMILES string of the molecule is NC1CCc2ccccc2C1CCCN1C(=O)c2ccccc2S1(=O)=O. The summed E-state index contributed by atoms with van der Waals surface area (Å²) < 4.78 is 26.3. The molecular formula is C20H22N2O3S. The average Bonchev–Trinajstić information content (AvgIpc) is 2.84. The fraction of sp³-hybridized carbons (Fsp3) is 0.350. The Bertz CT molecular complexity index is 955. The van der Waals surface area contributed by atoms with Crippen LogP contribution in [0.25, 0.3) is 0 Å². The second kappa shape index (κ2) is 6.52. The number of nitrogens with zero attached hydrogens (tertiary/aromatic N) is 1. The van der Waals surface area contributed by atoms with E-state index in [-0.39, 0.29) is 29.0 Å². The van der Waals surface area contributed by atoms with Gasteiger partial charge in [0.05, 0.1) is 5.56 Å². The predicted octanol–water partition coefficient (Wildman–Crippen LogP) is 2.67. The van der Waals surface area contributed by atoms with Gasteiger partial charge in [0.1, 0.15) is 4.90 Å². The van der Waals surface area contributed by atoms with Crippen LogP contribution in [-0.2, 0) is 16.4 Å². The topological polar surface area (TPSA) is 80.5 Å². The van der Waals surface area contributed by atoms with Gasteiger partial charge in [0, 0.05) is 12.6 Å². The number of hydrogen-bond donors (Lipinski definition) is 1. The minimum atomic E-state index is -3.72. The Morgan fingerprint density at radius 3 is 2.62 bits per heavy atom. The zero-order valence-electron chi connectivity index (χ0n) is 14.5. The lowest BCUT2D eigenvalue weighted by atomic mass is 9.77. The minimum absolute atomic E-state index is 0.0768. The first-order valence-electron chi connectivity index (χ1n) is 8.99. The van der Waals surface area contributed by atoms with Gasteiger partial charge < -0.3 is 5.73 Å². The van der Waals surface area contributed by atoms with Gasteiger partial charge in [-0.3, -0.25) is 4.79 Å². The number of nitrogens with two attached hydrogens (primary N) is 1. The normalized spacial score (nSPS) is 23.6. The standard InChI is InChI=1S/C20H22N2O3S/c21-18-12-11-14-6-1-2-7-15(14)16(18)9-5-13-22-20(23)17-8-3-4-10-19(17)26(22,24)25/h1-4,6-8,10,16,18H,5,9,11-13,21H2. The van der Waals surface area contributed by atoms with Crippen LogP contribution in [-0.4, -0.2) is 31.2 Å². The fourth-order valence-electron chi connectivity index (χ4n) is 4.15. The predicted molar refractivity (Wildman–Crippen MR) is 99.4 cm³/mol. The van der Waals surface area contributed by atoms with Gasteiger partial charge in [-0.1, -0.05) is 36.4 Å². The number of carbonyl (C=O) groups excluding carboxylic acids is 1. The summed E-state index contributed by atoms with van der Waals surface area (Å²) in [5.41, 5.74) is 9.21. The Morgan fingerprint density at radius 1 is 1.08 bits per heavy atom. The third-order valence-corrected chi connectivity index (χ3v) is 7.35. The van der Waals surface area contributed by atoms with E-state index in [2.05, 4.69) is 12.1 Å². The van der Waals surface area contributed by atoms with Crippen molar-refractivity contribution in [2.24, 2.45) is 5.73 Å². The van der Waals surface area contributed by atoms with Gasteiger partial charge in [0.2, 0.25) is 0 Å². The molecule has 1 aliphatic carbocycles. The van der Waals surface area contributed by atoms with Crippen LogP contribution in [0.2, 0.25) is 0 Å². The molecule has 5 nitrogen and oxygen atoms in total. The smallest absolute Gasteiger partial charge is 0.269 e. The van der Waals surface area contributed by atoms with Crippen LogP contribution in [0, 0.1) is 0 Å². The molecule has 1 aliphatic heterocycles. The highest BCUT2D eigenvalue weighted by atomic mass is 32.2. The number of hydrogen-bond acceptors (Lipinski definition) is 4. The van der Waals surface area contributed by atoms with E-state index in [0.29, 0.717) is 6.42 Å². The van der Waals surface area contributed by atoms with Crippen LogP contribution in [0.3, 0.4) is 0 Å². The number of fused-ring (bicyclic) bond motifs is 2. The monoisotopic (exact) mass is 370 g/mol. The molecule has 2 N–H and O–H groups in total. The maximum Gasteiger partial charge on any atom is 0.269 e. The lowest BCUT2D eigenvalue weighted by Gasteiger charge is -2.31. The van der Waals surface area contributed by atoms with Crippen LogP contribution in [0.5, 0.6) is 0 Å². The molecule has 0 saturated heterocycles. The molecule has 0 spiro atoms. The molecule has 0 aromatic heterocycles. The first kappa shape index (κ1) is 17.2. The van der Waals surface area contributed by atoms with Crippen molar-refractivity contribution in [2.45, 2.75) is 42.5 Å². The minimum Gasteiger partial charge on any atom is -0.327 e. The summed E-state index contributed by atoms with van der Waals surface area (Å²) in [4.78, 5) is 12.6. The van der Waals surface area contributed by atoms with E-state index in [1.807, 2.05) is 12.1 Å². The van der Waals surface area contributed by atoms with E-state index in [9.17, 15) is 13.2 Å². The Labute approximate surface area is 153 Å². The maximum absolute atomic E-state index is 12.6. The molecule has 26 heavy (non-hydrogen) atoms. The molecule has 0 saturated carbocycles. The van der Waals surface area contributed by atoms with Gasteiger partial charge in [-0.15, -0.1) is 0 Å². The van der Waals surface area contributed by atoms with Crippen LogP contribution >= 0.6 is 0 Å². The highest BCUT2D eigenvalue weighted by molar-refractivity contribution is 7.90. The van der Waals surface area contributed by atoms with Crippen LogP contribution in [0.1, 0.15) is 46.7 Å². The molecule has 136 valence electrons. The van der Waals surface area contributed by atoms with Crippen molar-refractivity contribution in [1.29, 1.82) is 0 Å². The molecule has 2 aromatic rings. The first-order chi connectivity index (χ1) is 12.5. The number of amides is 1. The van der Waals surface area contributed by atoms with E-state index in [4.69, 9.17) is 5.73 Å². The van der Waals surface area contributed by atoms with Gasteiger partial charge >= 0.3 is 0 Å². The number of rotatable bonds is 4. The lowest BCUT2D eigenvalue weighted by Crippen LogP contribution is -2.35. The van der Waals surface area contributed by atoms with E-state index in [0.717, 1.165) is 23.6 Å². The van der Waals surface area contributed by atoms with Crippen molar-refractivity contribution in [3.63, 3.8) is 0 Å². The molecule has 2 aromatic carbocycles. The van der Waals surface area contributed by atoms with Crippen molar-refractivity contribution < 1.29 is 13.2 Å². The van der Waals surface area contributed by atoms with Gasteiger partial charge in [0.25, 0.3) is 15.9 Å². The zero-order valence-corrected chi connectivity index (χ0v) is 15.3. The van der Waals surface area contributed by atoms with Crippen molar-refractivity contribution in [1.82, 2.24) is 4.31 Å². The van der Waals surface area contributed by atoms with Gasteiger partial charge in [-0.25, -0.2) is 12.7 Å². The summed E-state index contributed by atoms with van der Waals surface area (Å²) in [6.45, 7) is 0.196. The third-order valence-electron chi connectivity index (χ3n) is 5.51. The zero-order chi connectivity index (χ0) is 18.3. The Kier molecular flexibility index (Phi) is 4.32. The molecule has 0 fully saturated rings. The third kappa shape index (κ3) is 2.73. The quantitative estimate of drug-likeness (QED) is 0.897. The molecule has 0 radical (unpaired) electrons. The summed E-state index contributed by atoms with van der Waals surface area (Å²) in [5.74, 6) is -0.211.